The van der Waals surface area contributed by atoms with Gasteiger partial charge in [-0.15, -0.1) is 0 Å². The zero-order chi connectivity index (χ0) is 16.4. The molecule has 23 heavy (non-hydrogen) atoms. The van der Waals surface area contributed by atoms with Crippen LogP contribution in [0.15, 0.2) is 24.8 Å². The number of hydrogen-bond donors (Lipinski definition) is 1. The Hall–Kier alpha value is -1.84. The molecule has 1 aliphatic heterocycles. The molecule has 0 bridgehead atoms. The van der Waals surface area contributed by atoms with Gasteiger partial charge in [0.1, 0.15) is 0 Å². The van der Waals surface area contributed by atoms with Crippen molar-refractivity contribution in [1.82, 2.24) is 28.8 Å². The monoisotopic (exact) mass is 336 g/mol. The summed E-state index contributed by atoms with van der Waals surface area (Å²) in [5.41, 5.74) is 2.46. The molecular weight excluding hydrogens is 316 g/mol. The minimum absolute atomic E-state index is 0.0735. The molecule has 0 radical (unpaired) electrons. The van der Waals surface area contributed by atoms with E-state index in [0.29, 0.717) is 13.1 Å². The topological polar surface area (TPSA) is 95.1 Å². The van der Waals surface area contributed by atoms with E-state index in [9.17, 15) is 8.42 Å². The molecule has 0 aliphatic carbocycles. The second-order valence-electron chi connectivity index (χ2n) is 5.80. The highest BCUT2D eigenvalue weighted by molar-refractivity contribution is 7.86. The summed E-state index contributed by atoms with van der Waals surface area (Å²) in [6.07, 6.45) is 8.63. The van der Waals surface area contributed by atoms with Crippen LogP contribution in [0.25, 0.3) is 11.3 Å². The predicted molar refractivity (Wildman–Crippen MR) is 85.8 cm³/mol. The Balaban J connectivity index is 1.77. The molecule has 3 rings (SSSR count). The SMILES string of the molecule is CN(C)S(=O)(=O)N1CCC[C@@H](c2cnc(-c3cn[nH]c3)cn2)C1. The molecule has 3 heterocycles. The van der Waals surface area contributed by atoms with E-state index >= 15 is 0 Å². The van der Waals surface area contributed by atoms with Gasteiger partial charge < -0.3 is 0 Å². The van der Waals surface area contributed by atoms with Gasteiger partial charge in [-0.1, -0.05) is 0 Å². The molecule has 1 aliphatic rings. The third-order valence-corrected chi connectivity index (χ3v) is 5.96. The summed E-state index contributed by atoms with van der Waals surface area (Å²) in [6, 6.07) is 0. The van der Waals surface area contributed by atoms with Crippen molar-refractivity contribution in [1.29, 1.82) is 0 Å². The number of nitrogens with zero attached hydrogens (tertiary/aromatic N) is 5. The summed E-state index contributed by atoms with van der Waals surface area (Å²) in [5, 5.41) is 6.64. The predicted octanol–water partition coefficient (Wildman–Crippen LogP) is 0.852. The molecular formula is C14H20N6O2S. The van der Waals surface area contributed by atoms with Gasteiger partial charge in [0, 0.05) is 51.1 Å². The normalized spacial score (nSPS) is 20.0. The molecule has 9 heteroatoms. The maximum absolute atomic E-state index is 12.3. The summed E-state index contributed by atoms with van der Waals surface area (Å²) < 4.78 is 27.3. The molecule has 0 aromatic carbocycles. The van der Waals surface area contributed by atoms with Crippen LogP contribution >= 0.6 is 0 Å². The Labute approximate surface area is 135 Å². The Bertz CT molecular complexity index is 742. The fourth-order valence-electron chi connectivity index (χ4n) is 2.71. The quantitative estimate of drug-likeness (QED) is 0.893. The number of piperidine rings is 1. The average molecular weight is 336 g/mol. The van der Waals surface area contributed by atoms with Crippen LogP contribution < -0.4 is 0 Å². The van der Waals surface area contributed by atoms with E-state index < -0.39 is 10.2 Å². The van der Waals surface area contributed by atoms with Crippen molar-refractivity contribution in [3.8, 4) is 11.3 Å². The minimum atomic E-state index is -3.38. The van der Waals surface area contributed by atoms with Crippen molar-refractivity contribution in [3.63, 3.8) is 0 Å². The van der Waals surface area contributed by atoms with Gasteiger partial charge in [0.05, 0.1) is 23.8 Å². The van der Waals surface area contributed by atoms with Gasteiger partial charge in [-0.05, 0) is 12.8 Å². The lowest BCUT2D eigenvalue weighted by molar-refractivity contribution is 0.296. The molecule has 0 spiro atoms. The zero-order valence-electron chi connectivity index (χ0n) is 13.2. The summed E-state index contributed by atoms with van der Waals surface area (Å²) in [7, 11) is -0.270. The zero-order valence-corrected chi connectivity index (χ0v) is 14.0. The van der Waals surface area contributed by atoms with Crippen LogP contribution in [-0.2, 0) is 10.2 Å². The van der Waals surface area contributed by atoms with Crippen LogP contribution in [0, 0.1) is 0 Å². The lowest BCUT2D eigenvalue weighted by Gasteiger charge is -2.33. The van der Waals surface area contributed by atoms with Crippen LogP contribution in [0.5, 0.6) is 0 Å². The van der Waals surface area contributed by atoms with Gasteiger partial charge in [0.25, 0.3) is 10.2 Å². The van der Waals surface area contributed by atoms with E-state index in [-0.39, 0.29) is 5.92 Å². The highest BCUT2D eigenvalue weighted by Crippen LogP contribution is 2.27. The van der Waals surface area contributed by atoms with Gasteiger partial charge in [0.15, 0.2) is 0 Å². The molecule has 0 saturated carbocycles. The van der Waals surface area contributed by atoms with Crippen LogP contribution in [-0.4, -0.2) is 64.4 Å². The number of hydrogen-bond acceptors (Lipinski definition) is 5. The average Bonchev–Trinajstić information content (AvgIpc) is 3.09. The first-order valence-electron chi connectivity index (χ1n) is 7.47. The molecule has 2 aromatic rings. The van der Waals surface area contributed by atoms with Crippen molar-refractivity contribution < 1.29 is 8.42 Å². The molecule has 1 fully saturated rings. The van der Waals surface area contributed by atoms with Crippen molar-refractivity contribution in [3.05, 3.63) is 30.5 Å². The Morgan fingerprint density at radius 1 is 1.26 bits per heavy atom. The summed E-state index contributed by atoms with van der Waals surface area (Å²) in [6.45, 7) is 0.998. The maximum Gasteiger partial charge on any atom is 0.281 e. The Kier molecular flexibility index (Phi) is 4.42. The van der Waals surface area contributed by atoms with E-state index in [0.717, 1.165) is 29.8 Å². The van der Waals surface area contributed by atoms with Crippen molar-refractivity contribution in [2.24, 2.45) is 0 Å². The van der Waals surface area contributed by atoms with Crippen molar-refractivity contribution in [2.45, 2.75) is 18.8 Å². The molecule has 0 amide bonds. The van der Waals surface area contributed by atoms with E-state index in [2.05, 4.69) is 20.2 Å². The highest BCUT2D eigenvalue weighted by atomic mass is 32.2. The van der Waals surface area contributed by atoms with Crippen LogP contribution in [0.1, 0.15) is 24.5 Å². The molecule has 1 N–H and O–H groups in total. The van der Waals surface area contributed by atoms with E-state index in [4.69, 9.17) is 0 Å². The molecule has 2 aromatic heterocycles. The first kappa shape index (κ1) is 16.0. The van der Waals surface area contributed by atoms with Crippen LogP contribution in [0.4, 0.5) is 0 Å². The smallest absolute Gasteiger partial charge is 0.281 e. The first-order valence-corrected chi connectivity index (χ1v) is 8.87. The molecule has 1 atom stereocenters. The summed E-state index contributed by atoms with van der Waals surface area (Å²) in [5.74, 6) is 0.0735. The van der Waals surface area contributed by atoms with Crippen molar-refractivity contribution >= 4 is 10.2 Å². The number of nitrogens with one attached hydrogen (secondary N) is 1. The van der Waals surface area contributed by atoms with Crippen molar-refractivity contribution in [2.75, 3.05) is 27.2 Å². The summed E-state index contributed by atoms with van der Waals surface area (Å²) in [4.78, 5) is 8.90. The maximum atomic E-state index is 12.3. The number of H-pyrrole nitrogens is 1. The van der Waals surface area contributed by atoms with Gasteiger partial charge in [0.2, 0.25) is 0 Å². The van der Waals surface area contributed by atoms with Crippen LogP contribution in [0.3, 0.4) is 0 Å². The van der Waals surface area contributed by atoms with Gasteiger partial charge in [-0.3, -0.25) is 15.1 Å². The van der Waals surface area contributed by atoms with Gasteiger partial charge >= 0.3 is 0 Å². The number of aromatic amines is 1. The van der Waals surface area contributed by atoms with E-state index in [1.807, 2.05) is 0 Å². The number of aromatic nitrogens is 4. The largest absolute Gasteiger partial charge is 0.285 e. The van der Waals surface area contributed by atoms with Gasteiger partial charge in [-0.25, -0.2) is 0 Å². The molecule has 1 saturated heterocycles. The third kappa shape index (κ3) is 3.26. The highest BCUT2D eigenvalue weighted by Gasteiger charge is 2.31. The second-order valence-corrected chi connectivity index (χ2v) is 7.94. The molecule has 124 valence electrons. The number of rotatable bonds is 4. The fraction of sp³-hybridized carbons (Fsp3) is 0.500. The lowest BCUT2D eigenvalue weighted by atomic mass is 9.96. The molecule has 8 nitrogen and oxygen atoms in total. The lowest BCUT2D eigenvalue weighted by Crippen LogP contribution is -2.45. The standard InChI is InChI=1S/C14H20N6O2S/c1-19(2)23(21,22)20-5-3-4-11(10-20)13-8-16-14(9-15-13)12-6-17-18-7-12/h6-9,11H,3-5,10H2,1-2H3,(H,17,18)/t11-/m1/s1. The fourth-order valence-corrected chi connectivity index (χ4v) is 3.90. The first-order chi connectivity index (χ1) is 11.0. The Morgan fingerprint density at radius 2 is 2.09 bits per heavy atom. The Morgan fingerprint density at radius 3 is 2.70 bits per heavy atom. The molecule has 0 unspecified atom stereocenters. The second kappa shape index (κ2) is 6.34. The minimum Gasteiger partial charge on any atom is -0.285 e. The third-order valence-electron chi connectivity index (χ3n) is 4.06. The van der Waals surface area contributed by atoms with Crippen LogP contribution in [0.2, 0.25) is 0 Å². The summed E-state index contributed by atoms with van der Waals surface area (Å²) >= 11 is 0. The van der Waals surface area contributed by atoms with E-state index in [1.54, 1.807) is 38.9 Å². The van der Waals surface area contributed by atoms with Gasteiger partial charge in [-0.2, -0.15) is 22.1 Å². The van der Waals surface area contributed by atoms with E-state index in [1.165, 1.54) is 8.61 Å².